The van der Waals surface area contributed by atoms with Crippen molar-refractivity contribution in [3.63, 3.8) is 0 Å². The smallest absolute Gasteiger partial charge is 0.321 e. The van der Waals surface area contributed by atoms with Gasteiger partial charge in [0.05, 0.1) is 6.54 Å². The van der Waals surface area contributed by atoms with E-state index in [1.54, 1.807) is 0 Å². The first-order chi connectivity index (χ1) is 14.6. The van der Waals surface area contributed by atoms with E-state index in [1.165, 1.54) is 11.1 Å². The quantitative estimate of drug-likeness (QED) is 0.316. The monoisotopic (exact) mass is 535 g/mol. The highest BCUT2D eigenvalue weighted by molar-refractivity contribution is 14.0. The van der Waals surface area contributed by atoms with E-state index in [9.17, 15) is 4.79 Å². The van der Waals surface area contributed by atoms with Gasteiger partial charge < -0.3 is 20.4 Å². The van der Waals surface area contributed by atoms with Crippen LogP contribution in [-0.2, 0) is 13.1 Å². The third-order valence-electron chi connectivity index (χ3n) is 5.35. The number of hydrogen-bond donors (Lipinski definition) is 2. The molecule has 3 rings (SSSR count). The molecular formula is C24H34IN5O. The molecule has 0 atom stereocenters. The van der Waals surface area contributed by atoms with Gasteiger partial charge in [0.25, 0.3) is 0 Å². The van der Waals surface area contributed by atoms with Crippen LogP contribution in [0.5, 0.6) is 0 Å². The number of carbonyl (C=O) groups is 1. The molecule has 1 saturated heterocycles. The summed E-state index contributed by atoms with van der Waals surface area (Å²) in [7, 11) is 2.06. The number of aliphatic imine (C=N–C) groups is 1. The molecule has 1 aliphatic heterocycles. The third kappa shape index (κ3) is 7.41. The van der Waals surface area contributed by atoms with Crippen molar-refractivity contribution in [3.05, 3.63) is 65.2 Å². The zero-order valence-electron chi connectivity index (χ0n) is 18.7. The molecule has 0 bridgehead atoms. The van der Waals surface area contributed by atoms with Gasteiger partial charge in [0, 0.05) is 38.9 Å². The van der Waals surface area contributed by atoms with Crippen molar-refractivity contribution in [1.82, 2.24) is 15.1 Å². The Morgan fingerprint density at radius 3 is 2.58 bits per heavy atom. The summed E-state index contributed by atoms with van der Waals surface area (Å²) in [6.45, 7) is 8.05. The lowest BCUT2D eigenvalue weighted by atomic mass is 10.1. The van der Waals surface area contributed by atoms with Crippen molar-refractivity contribution in [3.8, 4) is 0 Å². The molecule has 7 heteroatoms. The van der Waals surface area contributed by atoms with E-state index in [1.807, 2.05) is 29.2 Å². The summed E-state index contributed by atoms with van der Waals surface area (Å²) >= 11 is 0. The molecule has 1 aliphatic rings. The summed E-state index contributed by atoms with van der Waals surface area (Å²) in [5.74, 6) is 0.868. The highest BCUT2D eigenvalue weighted by Crippen LogP contribution is 2.15. The number of benzene rings is 2. The van der Waals surface area contributed by atoms with Gasteiger partial charge in [0.2, 0.25) is 0 Å². The van der Waals surface area contributed by atoms with E-state index in [-0.39, 0.29) is 30.0 Å². The average molecular weight is 535 g/mol. The van der Waals surface area contributed by atoms with Crippen LogP contribution in [0.3, 0.4) is 0 Å². The molecule has 0 unspecified atom stereocenters. The van der Waals surface area contributed by atoms with Crippen molar-refractivity contribution in [2.75, 3.05) is 32.0 Å². The summed E-state index contributed by atoms with van der Waals surface area (Å²) < 4.78 is 0. The number of anilines is 1. The standard InChI is InChI=1S/C24H33N5O.HI/c1-4-25-23(28(3)18-21-12-6-5-10-19(21)2)26-17-20-11-9-13-22(16-20)27-24(30)29-14-7-8-15-29;/h5-6,9-13,16H,4,7-8,14-15,17-18H2,1-3H3,(H,25,26)(H,27,30);1H. The fourth-order valence-corrected chi connectivity index (χ4v) is 3.62. The van der Waals surface area contributed by atoms with Gasteiger partial charge in [-0.3, -0.25) is 0 Å². The third-order valence-corrected chi connectivity index (χ3v) is 5.35. The Kier molecular flexibility index (Phi) is 10.1. The van der Waals surface area contributed by atoms with Gasteiger partial charge in [-0.05, 0) is 55.5 Å². The van der Waals surface area contributed by atoms with Crippen LogP contribution in [0.15, 0.2) is 53.5 Å². The molecule has 1 fully saturated rings. The lowest BCUT2D eigenvalue weighted by Gasteiger charge is -2.23. The molecule has 2 aromatic carbocycles. The fraction of sp³-hybridized carbons (Fsp3) is 0.417. The van der Waals surface area contributed by atoms with Gasteiger partial charge in [-0.2, -0.15) is 0 Å². The van der Waals surface area contributed by atoms with Gasteiger partial charge >= 0.3 is 6.03 Å². The maximum absolute atomic E-state index is 12.3. The molecular weight excluding hydrogens is 501 g/mol. The molecule has 2 N–H and O–H groups in total. The van der Waals surface area contributed by atoms with Crippen LogP contribution >= 0.6 is 24.0 Å². The zero-order valence-corrected chi connectivity index (χ0v) is 21.1. The Labute approximate surface area is 203 Å². The second-order valence-corrected chi connectivity index (χ2v) is 7.78. The van der Waals surface area contributed by atoms with Crippen molar-refractivity contribution in [2.45, 2.75) is 39.8 Å². The van der Waals surface area contributed by atoms with E-state index < -0.39 is 0 Å². The molecule has 31 heavy (non-hydrogen) atoms. The van der Waals surface area contributed by atoms with Crippen molar-refractivity contribution < 1.29 is 4.79 Å². The van der Waals surface area contributed by atoms with Crippen LogP contribution in [0.2, 0.25) is 0 Å². The topological polar surface area (TPSA) is 60.0 Å². The number of likely N-dealkylation sites (tertiary alicyclic amines) is 1. The SMILES string of the molecule is CCNC(=NCc1cccc(NC(=O)N2CCCC2)c1)N(C)Cc1ccccc1C.I. The number of nitrogens with one attached hydrogen (secondary N) is 2. The Hall–Kier alpha value is -2.29. The first-order valence-corrected chi connectivity index (χ1v) is 10.8. The van der Waals surface area contributed by atoms with Crippen LogP contribution in [0, 0.1) is 6.92 Å². The van der Waals surface area contributed by atoms with Gasteiger partial charge in [-0.25, -0.2) is 9.79 Å². The first-order valence-electron chi connectivity index (χ1n) is 10.8. The zero-order chi connectivity index (χ0) is 21.3. The highest BCUT2D eigenvalue weighted by Gasteiger charge is 2.17. The molecule has 2 amide bonds. The molecule has 0 radical (unpaired) electrons. The van der Waals surface area contributed by atoms with Gasteiger partial charge in [-0.15, -0.1) is 24.0 Å². The number of guanidine groups is 1. The van der Waals surface area contributed by atoms with E-state index in [2.05, 4.69) is 60.7 Å². The fourth-order valence-electron chi connectivity index (χ4n) is 3.62. The maximum Gasteiger partial charge on any atom is 0.321 e. The lowest BCUT2D eigenvalue weighted by molar-refractivity contribution is 0.222. The minimum Gasteiger partial charge on any atom is -0.357 e. The van der Waals surface area contributed by atoms with Crippen LogP contribution in [0.4, 0.5) is 10.5 Å². The molecule has 1 heterocycles. The Balaban J connectivity index is 0.00000341. The van der Waals surface area contributed by atoms with Gasteiger partial charge in [-0.1, -0.05) is 36.4 Å². The molecule has 0 aromatic heterocycles. The Morgan fingerprint density at radius 1 is 1.13 bits per heavy atom. The first kappa shape index (κ1) is 25.0. The van der Waals surface area contributed by atoms with E-state index in [0.29, 0.717) is 6.54 Å². The summed E-state index contributed by atoms with van der Waals surface area (Å²) in [5.41, 5.74) is 4.45. The van der Waals surface area contributed by atoms with Gasteiger partial charge in [0.15, 0.2) is 5.96 Å². The highest BCUT2D eigenvalue weighted by atomic mass is 127. The number of amides is 2. The predicted molar refractivity (Wildman–Crippen MR) is 139 cm³/mol. The molecule has 2 aromatic rings. The van der Waals surface area contributed by atoms with E-state index in [4.69, 9.17) is 4.99 Å². The van der Waals surface area contributed by atoms with E-state index in [0.717, 1.165) is 56.2 Å². The molecule has 0 spiro atoms. The Bertz CT molecular complexity index is 880. The minimum absolute atomic E-state index is 0. The van der Waals surface area contributed by atoms with Crippen LogP contribution < -0.4 is 10.6 Å². The number of aryl methyl sites for hydroxylation is 1. The Morgan fingerprint density at radius 2 is 1.87 bits per heavy atom. The van der Waals surface area contributed by atoms with Crippen molar-refractivity contribution in [1.29, 1.82) is 0 Å². The number of hydrogen-bond acceptors (Lipinski definition) is 2. The number of rotatable bonds is 6. The number of carbonyl (C=O) groups excluding carboxylic acids is 1. The largest absolute Gasteiger partial charge is 0.357 e. The normalized spacial score (nSPS) is 13.5. The van der Waals surface area contributed by atoms with E-state index >= 15 is 0 Å². The number of halogens is 1. The van der Waals surface area contributed by atoms with Crippen LogP contribution in [0.1, 0.15) is 36.5 Å². The summed E-state index contributed by atoms with van der Waals surface area (Å²) in [4.78, 5) is 21.2. The lowest BCUT2D eigenvalue weighted by Crippen LogP contribution is -2.38. The minimum atomic E-state index is -0.0144. The average Bonchev–Trinajstić information content (AvgIpc) is 3.28. The molecule has 6 nitrogen and oxygen atoms in total. The van der Waals surface area contributed by atoms with Crippen LogP contribution in [0.25, 0.3) is 0 Å². The second-order valence-electron chi connectivity index (χ2n) is 7.78. The van der Waals surface area contributed by atoms with Crippen molar-refractivity contribution in [2.24, 2.45) is 4.99 Å². The maximum atomic E-state index is 12.3. The summed E-state index contributed by atoms with van der Waals surface area (Å²) in [6, 6.07) is 16.3. The predicted octanol–water partition coefficient (Wildman–Crippen LogP) is 4.84. The summed E-state index contributed by atoms with van der Waals surface area (Å²) in [6.07, 6.45) is 2.18. The van der Waals surface area contributed by atoms with Gasteiger partial charge in [0.1, 0.15) is 0 Å². The number of urea groups is 1. The molecule has 168 valence electrons. The second kappa shape index (κ2) is 12.5. The number of nitrogens with zero attached hydrogens (tertiary/aromatic N) is 3. The van der Waals surface area contributed by atoms with Crippen molar-refractivity contribution >= 4 is 41.7 Å². The summed E-state index contributed by atoms with van der Waals surface area (Å²) in [5, 5.41) is 6.39. The molecule has 0 aliphatic carbocycles. The molecule has 0 saturated carbocycles. The van der Waals surface area contributed by atoms with Crippen LogP contribution in [-0.4, -0.2) is 48.5 Å².